The van der Waals surface area contributed by atoms with Crippen molar-refractivity contribution in [3.63, 3.8) is 0 Å². The van der Waals surface area contributed by atoms with Gasteiger partial charge in [-0.15, -0.1) is 0 Å². The van der Waals surface area contributed by atoms with Crippen molar-refractivity contribution in [3.8, 4) is 5.75 Å². The number of phenolic OH excluding ortho intramolecular Hbond substituents is 1. The summed E-state index contributed by atoms with van der Waals surface area (Å²) >= 11 is 0. The highest BCUT2D eigenvalue weighted by Crippen LogP contribution is 2.28. The van der Waals surface area contributed by atoms with E-state index in [-0.39, 0.29) is 30.2 Å². The number of amides is 3. The molecule has 2 unspecified atom stereocenters. The molecule has 0 aliphatic heterocycles. The van der Waals surface area contributed by atoms with Crippen LogP contribution in [0.3, 0.4) is 0 Å². The summed E-state index contributed by atoms with van der Waals surface area (Å²) in [5, 5.41) is 15.4. The van der Waals surface area contributed by atoms with Crippen LogP contribution in [0.5, 0.6) is 5.75 Å². The third kappa shape index (κ3) is 8.81. The van der Waals surface area contributed by atoms with Crippen molar-refractivity contribution < 1.29 is 24.2 Å². The lowest BCUT2D eigenvalue weighted by molar-refractivity contribution is -0.144. The molecule has 37 heavy (non-hydrogen) atoms. The molecule has 2 aromatic rings. The Balaban J connectivity index is 2.55. The van der Waals surface area contributed by atoms with Gasteiger partial charge in [0.1, 0.15) is 23.4 Å². The van der Waals surface area contributed by atoms with Gasteiger partial charge in [0, 0.05) is 18.5 Å². The van der Waals surface area contributed by atoms with E-state index >= 15 is 0 Å². The molecule has 8 nitrogen and oxygen atoms in total. The molecule has 2 atom stereocenters. The summed E-state index contributed by atoms with van der Waals surface area (Å²) in [5.74, 6) is -0.617. The second kappa shape index (κ2) is 12.6. The average molecular weight is 512 g/mol. The van der Waals surface area contributed by atoms with Gasteiger partial charge >= 0.3 is 6.09 Å². The molecule has 0 spiro atoms. The molecule has 0 aliphatic rings. The molecule has 8 heteroatoms. The topological polar surface area (TPSA) is 108 Å². The Labute approximate surface area is 220 Å². The molecule has 0 saturated carbocycles. The van der Waals surface area contributed by atoms with Gasteiger partial charge in [0.25, 0.3) is 0 Å². The number of benzene rings is 2. The number of carbonyl (C=O) groups is 3. The number of phenols is 1. The molecule has 0 fully saturated rings. The summed E-state index contributed by atoms with van der Waals surface area (Å²) in [6, 6.07) is 11.5. The number of carbonyl (C=O) groups excluding carboxylic acids is 3. The number of rotatable bonds is 9. The number of nitrogens with one attached hydrogen (secondary N) is 2. The van der Waals surface area contributed by atoms with E-state index in [2.05, 4.69) is 10.6 Å². The Morgan fingerprint density at radius 2 is 1.54 bits per heavy atom. The quantitative estimate of drug-likeness (QED) is 0.455. The van der Waals surface area contributed by atoms with Crippen LogP contribution < -0.4 is 10.6 Å². The van der Waals surface area contributed by atoms with Gasteiger partial charge in [-0.2, -0.15) is 0 Å². The van der Waals surface area contributed by atoms with Crippen LogP contribution in [0.25, 0.3) is 0 Å². The number of ether oxygens (including phenoxy) is 1. The summed E-state index contributed by atoms with van der Waals surface area (Å²) in [7, 11) is 0. The van der Waals surface area contributed by atoms with Gasteiger partial charge in [-0.05, 0) is 84.2 Å². The first-order valence-electron chi connectivity index (χ1n) is 12.6. The number of alkyl carbamates (subject to hydrolysis) is 1. The molecule has 3 amide bonds. The van der Waals surface area contributed by atoms with Crippen molar-refractivity contribution in [3.05, 3.63) is 65.2 Å². The van der Waals surface area contributed by atoms with Crippen LogP contribution in [0.15, 0.2) is 48.5 Å². The summed E-state index contributed by atoms with van der Waals surface area (Å²) in [6.45, 7) is 14.6. The smallest absolute Gasteiger partial charge is 0.408 e. The number of aryl methyl sites for hydroxylation is 1. The first kappa shape index (κ1) is 29.7. The highest BCUT2D eigenvalue weighted by Gasteiger charge is 2.38. The maximum Gasteiger partial charge on any atom is 0.408 e. The van der Waals surface area contributed by atoms with Crippen molar-refractivity contribution in [2.45, 2.75) is 91.6 Å². The molecule has 202 valence electrons. The van der Waals surface area contributed by atoms with E-state index in [4.69, 9.17) is 4.74 Å². The van der Waals surface area contributed by atoms with Crippen LogP contribution in [0, 0.1) is 6.92 Å². The molecule has 2 rings (SSSR count). The first-order chi connectivity index (χ1) is 17.2. The predicted molar refractivity (Wildman–Crippen MR) is 144 cm³/mol. The average Bonchev–Trinajstić information content (AvgIpc) is 2.76. The fourth-order valence-corrected chi connectivity index (χ4v) is 4.05. The third-order valence-corrected chi connectivity index (χ3v) is 5.62. The lowest BCUT2D eigenvalue weighted by Gasteiger charge is -2.38. The van der Waals surface area contributed by atoms with Crippen molar-refractivity contribution in [1.82, 2.24) is 15.5 Å². The molecule has 0 radical (unpaired) electrons. The fraction of sp³-hybridized carbons (Fsp3) is 0.483. The van der Waals surface area contributed by atoms with Gasteiger partial charge in [0.15, 0.2) is 0 Å². The van der Waals surface area contributed by atoms with Gasteiger partial charge in [-0.25, -0.2) is 4.79 Å². The van der Waals surface area contributed by atoms with Crippen LogP contribution >= 0.6 is 0 Å². The highest BCUT2D eigenvalue weighted by molar-refractivity contribution is 5.92. The van der Waals surface area contributed by atoms with E-state index in [0.717, 1.165) is 11.1 Å². The largest absolute Gasteiger partial charge is 0.508 e. The van der Waals surface area contributed by atoms with E-state index in [9.17, 15) is 19.5 Å². The minimum Gasteiger partial charge on any atom is -0.508 e. The summed E-state index contributed by atoms with van der Waals surface area (Å²) in [5.41, 5.74) is 1.56. The monoisotopic (exact) mass is 511 g/mol. The summed E-state index contributed by atoms with van der Waals surface area (Å²) in [4.78, 5) is 42.0. The SMILES string of the molecule is Cc1ccccc1C(C(=O)NC(C)C)N(C(=O)C(Cc1ccc(O)cc1)NC(=O)OC(C)(C)C)C(C)C. The van der Waals surface area contributed by atoms with E-state index < -0.39 is 29.7 Å². The van der Waals surface area contributed by atoms with Gasteiger partial charge in [-0.1, -0.05) is 36.4 Å². The van der Waals surface area contributed by atoms with E-state index in [0.29, 0.717) is 5.56 Å². The zero-order chi connectivity index (χ0) is 27.9. The van der Waals surface area contributed by atoms with Crippen LogP contribution in [0.2, 0.25) is 0 Å². The van der Waals surface area contributed by atoms with Gasteiger partial charge in [-0.3, -0.25) is 9.59 Å². The second-order valence-electron chi connectivity index (χ2n) is 10.8. The third-order valence-electron chi connectivity index (χ3n) is 5.62. The van der Waals surface area contributed by atoms with Crippen LogP contribution in [-0.4, -0.2) is 51.6 Å². The number of aromatic hydroxyl groups is 1. The highest BCUT2D eigenvalue weighted by atomic mass is 16.6. The Morgan fingerprint density at radius 1 is 0.946 bits per heavy atom. The van der Waals surface area contributed by atoms with Crippen molar-refractivity contribution in [2.75, 3.05) is 0 Å². The zero-order valence-corrected chi connectivity index (χ0v) is 23.2. The molecular formula is C29H41N3O5. The minimum absolute atomic E-state index is 0.0977. The standard InChI is InChI=1S/C29H41N3O5/c1-18(2)30-26(34)25(23-12-10-9-11-20(23)5)32(19(3)4)27(35)24(31-28(36)37-29(6,7)8)17-21-13-15-22(33)16-14-21/h9-16,18-19,24-25,33H,17H2,1-8H3,(H,30,34)(H,31,36). The van der Waals surface area contributed by atoms with Crippen molar-refractivity contribution in [1.29, 1.82) is 0 Å². The Kier molecular flexibility index (Phi) is 10.1. The summed E-state index contributed by atoms with van der Waals surface area (Å²) < 4.78 is 5.44. The maximum atomic E-state index is 14.2. The number of hydrogen-bond acceptors (Lipinski definition) is 5. The molecule has 2 aromatic carbocycles. The molecule has 0 heterocycles. The Morgan fingerprint density at radius 3 is 2.05 bits per heavy atom. The van der Waals surface area contributed by atoms with Gasteiger partial charge < -0.3 is 25.4 Å². The first-order valence-corrected chi connectivity index (χ1v) is 12.6. The number of hydrogen-bond donors (Lipinski definition) is 3. The zero-order valence-electron chi connectivity index (χ0n) is 23.2. The molecule has 3 N–H and O–H groups in total. The van der Waals surface area contributed by atoms with Gasteiger partial charge in [0.2, 0.25) is 11.8 Å². The van der Waals surface area contributed by atoms with Crippen LogP contribution in [0.4, 0.5) is 4.79 Å². The van der Waals surface area contributed by atoms with Crippen molar-refractivity contribution in [2.24, 2.45) is 0 Å². The van der Waals surface area contributed by atoms with Crippen LogP contribution in [-0.2, 0) is 20.7 Å². The fourth-order valence-electron chi connectivity index (χ4n) is 4.05. The lowest BCUT2D eigenvalue weighted by atomic mass is 9.95. The Hall–Kier alpha value is -3.55. The Bertz CT molecular complexity index is 1070. The molecule has 0 bridgehead atoms. The van der Waals surface area contributed by atoms with Crippen molar-refractivity contribution >= 4 is 17.9 Å². The lowest BCUT2D eigenvalue weighted by Crippen LogP contribution is -2.56. The predicted octanol–water partition coefficient (Wildman–Crippen LogP) is 4.64. The molecular weight excluding hydrogens is 470 g/mol. The summed E-state index contributed by atoms with van der Waals surface area (Å²) in [6.07, 6.45) is -0.583. The van der Waals surface area contributed by atoms with Crippen LogP contribution in [0.1, 0.15) is 71.2 Å². The van der Waals surface area contributed by atoms with E-state index in [1.54, 1.807) is 32.9 Å². The maximum absolute atomic E-state index is 14.2. The molecule has 0 aromatic heterocycles. The normalized spacial score (nSPS) is 13.1. The van der Waals surface area contributed by atoms with E-state index in [1.165, 1.54) is 17.0 Å². The van der Waals surface area contributed by atoms with Gasteiger partial charge in [0.05, 0.1) is 0 Å². The van der Waals surface area contributed by atoms with E-state index in [1.807, 2.05) is 58.9 Å². The molecule has 0 aliphatic carbocycles. The molecule has 0 saturated heterocycles. The minimum atomic E-state index is -1.01. The second-order valence-corrected chi connectivity index (χ2v) is 10.8. The number of nitrogens with zero attached hydrogens (tertiary/aromatic N) is 1.